The highest BCUT2D eigenvalue weighted by Gasteiger charge is 2.28. The smallest absolute Gasteiger partial charge is 0.262 e. The molecule has 1 amide bonds. The van der Waals surface area contributed by atoms with Crippen LogP contribution >= 0.6 is 11.3 Å². The van der Waals surface area contributed by atoms with Gasteiger partial charge in [0, 0.05) is 11.4 Å². The Morgan fingerprint density at radius 1 is 0.931 bits per heavy atom. The van der Waals surface area contributed by atoms with E-state index in [0.29, 0.717) is 17.1 Å². The van der Waals surface area contributed by atoms with Gasteiger partial charge in [-0.05, 0) is 48.9 Å². The third-order valence-electron chi connectivity index (χ3n) is 4.97. The molecule has 0 saturated carbocycles. The molecule has 4 rings (SSSR count). The van der Waals surface area contributed by atoms with Crippen molar-refractivity contribution in [1.82, 2.24) is 5.32 Å². The van der Waals surface area contributed by atoms with Crippen molar-refractivity contribution in [3.63, 3.8) is 0 Å². The van der Waals surface area contributed by atoms with Crippen molar-refractivity contribution in [3.8, 4) is 0 Å². The average Bonchev–Trinajstić information content (AvgIpc) is 3.10. The predicted octanol–water partition coefficient (Wildman–Crippen LogP) is 4.36. The van der Waals surface area contributed by atoms with Crippen molar-refractivity contribution in [1.29, 1.82) is 0 Å². The van der Waals surface area contributed by atoms with Gasteiger partial charge in [-0.2, -0.15) is 0 Å². The highest BCUT2D eigenvalue weighted by atomic mass is 32.2. The molecular weight excluding hydrogens is 404 g/mol. The van der Waals surface area contributed by atoms with Gasteiger partial charge < -0.3 is 5.32 Å². The summed E-state index contributed by atoms with van der Waals surface area (Å²) < 4.78 is 28.3. The van der Waals surface area contributed by atoms with Crippen LogP contribution in [0.1, 0.15) is 39.2 Å². The Labute approximate surface area is 174 Å². The SMILES string of the molecule is O=C(NCc1ccccc1)c1c(NS(=O)(=O)c2ccccc2)sc2c1CCCC2. The summed E-state index contributed by atoms with van der Waals surface area (Å²) >= 11 is 1.38. The fraction of sp³-hybridized carbons (Fsp3) is 0.227. The zero-order chi connectivity index (χ0) is 20.3. The second kappa shape index (κ2) is 8.39. The molecule has 1 aliphatic carbocycles. The number of benzene rings is 2. The van der Waals surface area contributed by atoms with E-state index in [1.54, 1.807) is 30.3 Å². The van der Waals surface area contributed by atoms with Crippen LogP contribution in [0.4, 0.5) is 5.00 Å². The van der Waals surface area contributed by atoms with Gasteiger partial charge in [-0.25, -0.2) is 8.42 Å². The Bertz CT molecular complexity index is 1110. The third kappa shape index (κ3) is 4.36. The number of hydrogen-bond donors (Lipinski definition) is 2. The van der Waals surface area contributed by atoms with E-state index in [2.05, 4.69) is 10.0 Å². The van der Waals surface area contributed by atoms with Gasteiger partial charge in [0.05, 0.1) is 10.5 Å². The van der Waals surface area contributed by atoms with Crippen LogP contribution in [0.2, 0.25) is 0 Å². The van der Waals surface area contributed by atoms with Crippen molar-refractivity contribution in [2.75, 3.05) is 4.72 Å². The van der Waals surface area contributed by atoms with Gasteiger partial charge >= 0.3 is 0 Å². The first kappa shape index (κ1) is 19.7. The minimum absolute atomic E-state index is 0.182. The van der Waals surface area contributed by atoms with E-state index < -0.39 is 10.0 Å². The molecule has 0 unspecified atom stereocenters. The van der Waals surface area contributed by atoms with E-state index in [4.69, 9.17) is 0 Å². The lowest BCUT2D eigenvalue weighted by atomic mass is 9.95. The fourth-order valence-corrected chi connectivity index (χ4v) is 6.14. The maximum atomic E-state index is 13.1. The molecule has 0 aliphatic heterocycles. The van der Waals surface area contributed by atoms with Gasteiger partial charge in [0.25, 0.3) is 15.9 Å². The number of anilines is 1. The van der Waals surface area contributed by atoms with Crippen molar-refractivity contribution in [2.24, 2.45) is 0 Å². The first-order chi connectivity index (χ1) is 14.0. The number of nitrogens with one attached hydrogen (secondary N) is 2. The Kier molecular flexibility index (Phi) is 5.69. The van der Waals surface area contributed by atoms with Crippen LogP contribution in [0.5, 0.6) is 0 Å². The maximum absolute atomic E-state index is 13.1. The maximum Gasteiger partial charge on any atom is 0.262 e. The molecule has 0 radical (unpaired) electrons. The molecule has 0 bridgehead atoms. The largest absolute Gasteiger partial charge is 0.348 e. The van der Waals surface area contributed by atoms with Gasteiger partial charge in [0.2, 0.25) is 0 Å². The lowest BCUT2D eigenvalue weighted by Crippen LogP contribution is -2.25. The van der Waals surface area contributed by atoms with Gasteiger partial charge in [0.15, 0.2) is 0 Å². The minimum Gasteiger partial charge on any atom is -0.348 e. The summed E-state index contributed by atoms with van der Waals surface area (Å²) in [6, 6.07) is 17.9. The van der Waals surface area contributed by atoms with Crippen molar-refractivity contribution in [2.45, 2.75) is 37.1 Å². The van der Waals surface area contributed by atoms with Gasteiger partial charge in [-0.15, -0.1) is 11.3 Å². The van der Waals surface area contributed by atoms with E-state index in [0.717, 1.165) is 41.7 Å². The predicted molar refractivity (Wildman–Crippen MR) is 116 cm³/mol. The lowest BCUT2D eigenvalue weighted by Gasteiger charge is -2.13. The molecule has 5 nitrogen and oxygen atoms in total. The highest BCUT2D eigenvalue weighted by Crippen LogP contribution is 2.39. The number of sulfonamides is 1. The standard InChI is InChI=1S/C22H22N2O3S2/c25-21(23-15-16-9-3-1-4-10-16)20-18-13-7-8-14-19(18)28-22(20)24-29(26,27)17-11-5-2-6-12-17/h1-6,9-12,24H,7-8,13-15H2,(H,23,25). The molecule has 3 aromatic rings. The molecule has 1 aliphatic rings. The Morgan fingerprint density at radius 3 is 2.31 bits per heavy atom. The number of rotatable bonds is 6. The number of aryl methyl sites for hydroxylation is 1. The third-order valence-corrected chi connectivity index (χ3v) is 7.68. The molecule has 7 heteroatoms. The van der Waals surface area contributed by atoms with Crippen LogP contribution in [0, 0.1) is 0 Å². The molecule has 0 spiro atoms. The van der Waals surface area contributed by atoms with Crippen LogP contribution in [-0.2, 0) is 29.4 Å². The summed E-state index contributed by atoms with van der Waals surface area (Å²) in [6.07, 6.45) is 3.75. The Hall–Kier alpha value is -2.64. The fourth-order valence-electron chi connectivity index (χ4n) is 3.53. The summed E-state index contributed by atoms with van der Waals surface area (Å²) in [5, 5.41) is 3.36. The second-order valence-electron chi connectivity index (χ2n) is 7.00. The summed E-state index contributed by atoms with van der Waals surface area (Å²) in [5.74, 6) is -0.237. The zero-order valence-corrected chi connectivity index (χ0v) is 17.5. The van der Waals surface area contributed by atoms with E-state index in [1.165, 1.54) is 11.3 Å². The van der Waals surface area contributed by atoms with Crippen molar-refractivity contribution < 1.29 is 13.2 Å². The summed E-state index contributed by atoms with van der Waals surface area (Å²) in [5.41, 5.74) is 2.45. The molecule has 150 valence electrons. The lowest BCUT2D eigenvalue weighted by molar-refractivity contribution is 0.0951. The number of hydrogen-bond acceptors (Lipinski definition) is 4. The molecule has 0 atom stereocenters. The number of thiophene rings is 1. The molecule has 0 saturated heterocycles. The monoisotopic (exact) mass is 426 g/mol. The molecular formula is C22H22N2O3S2. The Balaban J connectivity index is 1.64. The van der Waals surface area contributed by atoms with Crippen molar-refractivity contribution >= 4 is 32.3 Å². The molecule has 1 heterocycles. The van der Waals surface area contributed by atoms with E-state index in [1.807, 2.05) is 30.3 Å². The van der Waals surface area contributed by atoms with Crippen LogP contribution < -0.4 is 10.0 Å². The van der Waals surface area contributed by atoms with Gasteiger partial charge in [0.1, 0.15) is 5.00 Å². The normalized spacial score (nSPS) is 13.5. The first-order valence-electron chi connectivity index (χ1n) is 9.59. The van der Waals surface area contributed by atoms with E-state index in [9.17, 15) is 13.2 Å². The molecule has 2 N–H and O–H groups in total. The summed E-state index contributed by atoms with van der Waals surface area (Å²) in [6.45, 7) is 0.398. The van der Waals surface area contributed by atoms with Gasteiger partial charge in [-0.1, -0.05) is 48.5 Å². The molecule has 2 aromatic carbocycles. The summed E-state index contributed by atoms with van der Waals surface area (Å²) in [4.78, 5) is 14.3. The number of carbonyl (C=O) groups excluding carboxylic acids is 1. The Morgan fingerprint density at radius 2 is 1.59 bits per heavy atom. The number of fused-ring (bicyclic) bond motifs is 1. The molecule has 29 heavy (non-hydrogen) atoms. The second-order valence-corrected chi connectivity index (χ2v) is 9.79. The molecule has 0 fully saturated rings. The van der Waals surface area contributed by atoms with E-state index >= 15 is 0 Å². The number of carbonyl (C=O) groups is 1. The summed E-state index contributed by atoms with van der Waals surface area (Å²) in [7, 11) is -3.76. The van der Waals surface area contributed by atoms with Crippen LogP contribution in [-0.4, -0.2) is 14.3 Å². The number of amides is 1. The minimum atomic E-state index is -3.76. The van der Waals surface area contributed by atoms with E-state index in [-0.39, 0.29) is 10.8 Å². The first-order valence-corrected chi connectivity index (χ1v) is 11.9. The quantitative estimate of drug-likeness (QED) is 0.615. The van der Waals surface area contributed by atoms with Crippen LogP contribution in [0.25, 0.3) is 0 Å². The van der Waals surface area contributed by atoms with Crippen molar-refractivity contribution in [3.05, 3.63) is 82.2 Å². The topological polar surface area (TPSA) is 75.3 Å². The zero-order valence-electron chi connectivity index (χ0n) is 15.9. The average molecular weight is 427 g/mol. The highest BCUT2D eigenvalue weighted by molar-refractivity contribution is 7.93. The van der Waals surface area contributed by atoms with Crippen LogP contribution in [0.3, 0.4) is 0 Å². The van der Waals surface area contributed by atoms with Crippen LogP contribution in [0.15, 0.2) is 65.6 Å². The van der Waals surface area contributed by atoms with Gasteiger partial charge in [-0.3, -0.25) is 9.52 Å². The molecule has 1 aromatic heterocycles.